The molecule has 116 valence electrons. The molecule has 2 aromatic carbocycles. The third-order valence-corrected chi connectivity index (χ3v) is 4.16. The summed E-state index contributed by atoms with van der Waals surface area (Å²) < 4.78 is 0. The van der Waals surface area contributed by atoms with Gasteiger partial charge in [-0.25, -0.2) is 4.98 Å². The van der Waals surface area contributed by atoms with Crippen LogP contribution in [0.2, 0.25) is 0 Å². The van der Waals surface area contributed by atoms with Crippen LogP contribution in [-0.2, 0) is 11.2 Å². The second-order valence-electron chi connectivity index (χ2n) is 5.30. The number of aryl methyl sites for hydroxylation is 1. The first kappa shape index (κ1) is 15.2. The van der Waals surface area contributed by atoms with Crippen molar-refractivity contribution in [3.05, 3.63) is 65.0 Å². The Kier molecular flexibility index (Phi) is 4.39. The summed E-state index contributed by atoms with van der Waals surface area (Å²) in [6, 6.07) is 14.7. The van der Waals surface area contributed by atoms with E-state index in [-0.39, 0.29) is 18.1 Å². The Bertz CT molecular complexity index is 808. The molecular weight excluding hydrogens is 308 g/mol. The van der Waals surface area contributed by atoms with Crippen LogP contribution in [0, 0.1) is 6.92 Å². The van der Waals surface area contributed by atoms with E-state index < -0.39 is 0 Å². The van der Waals surface area contributed by atoms with E-state index in [0.29, 0.717) is 5.13 Å². The van der Waals surface area contributed by atoms with E-state index in [2.05, 4.69) is 10.3 Å². The van der Waals surface area contributed by atoms with Gasteiger partial charge in [0.05, 0.1) is 12.1 Å². The molecule has 4 nitrogen and oxygen atoms in total. The lowest BCUT2D eigenvalue weighted by Gasteiger charge is -2.02. The fourth-order valence-corrected chi connectivity index (χ4v) is 2.89. The average molecular weight is 324 g/mol. The monoisotopic (exact) mass is 324 g/mol. The number of hydrogen-bond acceptors (Lipinski definition) is 4. The molecule has 0 saturated carbocycles. The van der Waals surface area contributed by atoms with Gasteiger partial charge in [0.15, 0.2) is 5.13 Å². The number of aromatic hydroxyl groups is 1. The molecule has 0 saturated heterocycles. The highest BCUT2D eigenvalue weighted by Gasteiger charge is 2.09. The Labute approximate surface area is 138 Å². The maximum absolute atomic E-state index is 12.1. The van der Waals surface area contributed by atoms with Crippen LogP contribution in [0.5, 0.6) is 5.75 Å². The summed E-state index contributed by atoms with van der Waals surface area (Å²) in [5, 5.41) is 14.6. The maximum Gasteiger partial charge on any atom is 0.230 e. The highest BCUT2D eigenvalue weighted by Crippen LogP contribution is 2.25. The lowest BCUT2D eigenvalue weighted by Crippen LogP contribution is -2.14. The third kappa shape index (κ3) is 3.96. The standard InChI is InChI=1S/C18H16N2O2S/c1-12-2-6-14(7-3-12)16-11-23-18(19-16)20-17(22)10-13-4-8-15(21)9-5-13/h2-9,11,21H,10H2,1H3,(H,19,20,22). The smallest absolute Gasteiger partial charge is 0.230 e. The minimum Gasteiger partial charge on any atom is -0.508 e. The van der Waals surface area contributed by atoms with Crippen molar-refractivity contribution in [2.45, 2.75) is 13.3 Å². The van der Waals surface area contributed by atoms with Gasteiger partial charge in [-0.2, -0.15) is 0 Å². The highest BCUT2D eigenvalue weighted by atomic mass is 32.1. The van der Waals surface area contributed by atoms with Gasteiger partial charge in [0.2, 0.25) is 5.91 Å². The van der Waals surface area contributed by atoms with E-state index >= 15 is 0 Å². The van der Waals surface area contributed by atoms with Crippen molar-refractivity contribution in [1.82, 2.24) is 4.98 Å². The number of nitrogens with zero attached hydrogens (tertiary/aromatic N) is 1. The molecule has 23 heavy (non-hydrogen) atoms. The molecule has 0 bridgehead atoms. The molecule has 0 radical (unpaired) electrons. The summed E-state index contributed by atoms with van der Waals surface area (Å²) in [7, 11) is 0. The molecule has 0 spiro atoms. The molecule has 0 aliphatic carbocycles. The number of phenols is 1. The number of hydrogen-bond donors (Lipinski definition) is 2. The van der Waals surface area contributed by atoms with Gasteiger partial charge in [0, 0.05) is 10.9 Å². The first-order valence-corrected chi connectivity index (χ1v) is 8.08. The number of benzene rings is 2. The van der Waals surface area contributed by atoms with Gasteiger partial charge in [0.1, 0.15) is 5.75 Å². The number of thiazole rings is 1. The van der Waals surface area contributed by atoms with Crippen molar-refractivity contribution < 1.29 is 9.90 Å². The summed E-state index contributed by atoms with van der Waals surface area (Å²) in [6.45, 7) is 2.04. The van der Waals surface area contributed by atoms with Gasteiger partial charge >= 0.3 is 0 Å². The largest absolute Gasteiger partial charge is 0.508 e. The van der Waals surface area contributed by atoms with Crippen molar-refractivity contribution >= 4 is 22.4 Å². The Morgan fingerprint density at radius 3 is 2.52 bits per heavy atom. The maximum atomic E-state index is 12.1. The van der Waals surface area contributed by atoms with Crippen LogP contribution in [0.3, 0.4) is 0 Å². The van der Waals surface area contributed by atoms with Gasteiger partial charge in [-0.05, 0) is 24.6 Å². The molecule has 1 heterocycles. The fraction of sp³-hybridized carbons (Fsp3) is 0.111. The van der Waals surface area contributed by atoms with Crippen LogP contribution in [0.15, 0.2) is 53.9 Å². The molecule has 1 aromatic heterocycles. The molecule has 3 rings (SSSR count). The topological polar surface area (TPSA) is 62.2 Å². The van der Waals surface area contributed by atoms with E-state index in [1.165, 1.54) is 16.9 Å². The Morgan fingerprint density at radius 2 is 1.83 bits per heavy atom. The molecule has 2 N–H and O–H groups in total. The molecule has 0 fully saturated rings. The number of phenolic OH excluding ortho intramolecular Hbond substituents is 1. The van der Waals surface area contributed by atoms with Crippen molar-refractivity contribution in [2.24, 2.45) is 0 Å². The lowest BCUT2D eigenvalue weighted by atomic mass is 10.1. The number of carbonyl (C=O) groups excluding carboxylic acids is 1. The fourth-order valence-electron chi connectivity index (χ4n) is 2.15. The van der Waals surface area contributed by atoms with Crippen molar-refractivity contribution in [2.75, 3.05) is 5.32 Å². The third-order valence-electron chi connectivity index (χ3n) is 3.40. The van der Waals surface area contributed by atoms with Crippen LogP contribution in [0.25, 0.3) is 11.3 Å². The van der Waals surface area contributed by atoms with Crippen molar-refractivity contribution in [1.29, 1.82) is 0 Å². The lowest BCUT2D eigenvalue weighted by molar-refractivity contribution is -0.115. The molecule has 0 aliphatic heterocycles. The predicted molar refractivity (Wildman–Crippen MR) is 92.7 cm³/mol. The van der Waals surface area contributed by atoms with E-state index in [1.807, 2.05) is 36.6 Å². The van der Waals surface area contributed by atoms with Gasteiger partial charge in [0.25, 0.3) is 0 Å². The van der Waals surface area contributed by atoms with Crippen LogP contribution in [-0.4, -0.2) is 16.0 Å². The molecule has 0 atom stereocenters. The summed E-state index contributed by atoms with van der Waals surface area (Å²) in [4.78, 5) is 16.5. The number of anilines is 1. The summed E-state index contributed by atoms with van der Waals surface area (Å²) >= 11 is 1.41. The number of carbonyl (C=O) groups is 1. The van der Waals surface area contributed by atoms with Crippen LogP contribution >= 0.6 is 11.3 Å². The van der Waals surface area contributed by atoms with E-state index in [0.717, 1.165) is 16.8 Å². The summed E-state index contributed by atoms with van der Waals surface area (Å²) in [5.41, 5.74) is 3.93. The van der Waals surface area contributed by atoms with Crippen molar-refractivity contribution in [3.8, 4) is 17.0 Å². The zero-order valence-corrected chi connectivity index (χ0v) is 13.4. The first-order valence-electron chi connectivity index (χ1n) is 7.20. The van der Waals surface area contributed by atoms with E-state index in [9.17, 15) is 9.90 Å². The number of amides is 1. The predicted octanol–water partition coefficient (Wildman–Crippen LogP) is 4.01. The normalized spacial score (nSPS) is 10.5. The Hall–Kier alpha value is -2.66. The second kappa shape index (κ2) is 6.62. The Balaban J connectivity index is 1.65. The minimum atomic E-state index is -0.125. The summed E-state index contributed by atoms with van der Waals surface area (Å²) in [5.74, 6) is 0.0670. The quantitative estimate of drug-likeness (QED) is 0.762. The minimum absolute atomic E-state index is 0.125. The van der Waals surface area contributed by atoms with Crippen molar-refractivity contribution in [3.63, 3.8) is 0 Å². The van der Waals surface area contributed by atoms with Gasteiger partial charge in [-0.1, -0.05) is 42.0 Å². The number of aromatic nitrogens is 1. The van der Waals surface area contributed by atoms with E-state index in [4.69, 9.17) is 0 Å². The molecule has 0 unspecified atom stereocenters. The van der Waals surface area contributed by atoms with Crippen LogP contribution < -0.4 is 5.32 Å². The molecular formula is C18H16N2O2S. The van der Waals surface area contributed by atoms with Gasteiger partial charge in [-0.15, -0.1) is 11.3 Å². The SMILES string of the molecule is Cc1ccc(-c2csc(NC(=O)Cc3ccc(O)cc3)n2)cc1. The van der Waals surface area contributed by atoms with Crippen LogP contribution in [0.4, 0.5) is 5.13 Å². The highest BCUT2D eigenvalue weighted by molar-refractivity contribution is 7.14. The molecule has 0 aliphatic rings. The average Bonchev–Trinajstić information content (AvgIpc) is 2.98. The summed E-state index contributed by atoms with van der Waals surface area (Å²) in [6.07, 6.45) is 0.250. The molecule has 3 aromatic rings. The zero-order chi connectivity index (χ0) is 16.2. The molecule has 5 heteroatoms. The number of nitrogens with one attached hydrogen (secondary N) is 1. The van der Waals surface area contributed by atoms with E-state index in [1.54, 1.807) is 24.3 Å². The second-order valence-corrected chi connectivity index (χ2v) is 6.15. The number of rotatable bonds is 4. The van der Waals surface area contributed by atoms with Gasteiger partial charge in [-0.3, -0.25) is 4.79 Å². The Morgan fingerprint density at radius 1 is 1.13 bits per heavy atom. The van der Waals surface area contributed by atoms with Crippen LogP contribution in [0.1, 0.15) is 11.1 Å². The first-order chi connectivity index (χ1) is 11.1. The molecule has 1 amide bonds. The zero-order valence-electron chi connectivity index (χ0n) is 12.6. The van der Waals surface area contributed by atoms with Gasteiger partial charge < -0.3 is 10.4 Å².